The number of aryl methyl sites for hydroxylation is 2. The van der Waals surface area contributed by atoms with Crippen LogP contribution >= 0.6 is 22.6 Å². The molecule has 0 atom stereocenters. The Morgan fingerprint density at radius 3 is 2.41 bits per heavy atom. The minimum Gasteiger partial charge on any atom is -0.318 e. The molecule has 0 aliphatic heterocycles. The molecule has 2 nitrogen and oxygen atoms in total. The third kappa shape index (κ3) is 3.56. The van der Waals surface area contributed by atoms with Crippen LogP contribution in [0, 0.1) is 24.3 Å². The summed E-state index contributed by atoms with van der Waals surface area (Å²) in [5.74, 6) is 0. The van der Waals surface area contributed by atoms with Gasteiger partial charge in [-0.2, -0.15) is 0 Å². The van der Waals surface area contributed by atoms with Crippen molar-refractivity contribution in [3.63, 3.8) is 0 Å². The minimum absolute atomic E-state index is 0.976. The van der Waals surface area contributed by atoms with Gasteiger partial charge in [0.25, 0.3) is 0 Å². The number of hydrogen-bond acceptors (Lipinski definition) is 1. The van der Waals surface area contributed by atoms with E-state index in [9.17, 15) is 0 Å². The van der Waals surface area contributed by atoms with Gasteiger partial charge in [0.05, 0.1) is 5.69 Å². The molecule has 3 aromatic carbocycles. The van der Waals surface area contributed by atoms with Crippen molar-refractivity contribution in [2.75, 3.05) is 0 Å². The third-order valence-electron chi connectivity index (χ3n) is 4.96. The first-order valence-electron chi connectivity index (χ1n) is 9.01. The first-order valence-corrected chi connectivity index (χ1v) is 10.1. The van der Waals surface area contributed by atoms with E-state index in [1.807, 2.05) is 6.21 Å². The van der Waals surface area contributed by atoms with Crippen molar-refractivity contribution >= 4 is 45.3 Å². The van der Waals surface area contributed by atoms with Gasteiger partial charge in [0.1, 0.15) is 0 Å². The van der Waals surface area contributed by atoms with E-state index in [1.165, 1.54) is 37.0 Å². The predicted molar refractivity (Wildman–Crippen MR) is 124 cm³/mol. The van der Waals surface area contributed by atoms with E-state index in [0.717, 1.165) is 11.3 Å². The van der Waals surface area contributed by atoms with Gasteiger partial charge in [-0.1, -0.05) is 30.3 Å². The summed E-state index contributed by atoms with van der Waals surface area (Å²) in [6.07, 6.45) is 1.97. The molecule has 0 fully saturated rings. The highest BCUT2D eigenvalue weighted by Gasteiger charge is 2.10. The van der Waals surface area contributed by atoms with E-state index in [2.05, 4.69) is 115 Å². The zero-order valence-electron chi connectivity index (χ0n) is 15.7. The van der Waals surface area contributed by atoms with Gasteiger partial charge in [0, 0.05) is 32.4 Å². The fraction of sp³-hybridized carbons (Fsp3) is 0.125. The molecule has 134 valence electrons. The predicted octanol–water partition coefficient (Wildman–Crippen LogP) is 6.91. The lowest BCUT2D eigenvalue weighted by atomic mass is 10.1. The van der Waals surface area contributed by atoms with Gasteiger partial charge in [-0.25, -0.2) is 0 Å². The second-order valence-corrected chi connectivity index (χ2v) is 8.05. The topological polar surface area (TPSA) is 17.3 Å². The summed E-state index contributed by atoms with van der Waals surface area (Å²) in [7, 11) is 0. The highest BCUT2D eigenvalue weighted by atomic mass is 127. The number of aromatic nitrogens is 1. The molecule has 1 heterocycles. The first-order chi connectivity index (χ1) is 13.0. The zero-order chi connectivity index (χ0) is 19.0. The molecule has 0 radical (unpaired) electrons. The van der Waals surface area contributed by atoms with Crippen molar-refractivity contribution in [2.45, 2.75) is 20.8 Å². The molecule has 27 heavy (non-hydrogen) atoms. The molecule has 4 rings (SSSR count). The number of benzene rings is 3. The molecule has 4 aromatic rings. The maximum absolute atomic E-state index is 4.73. The molecular weight excluding hydrogens is 443 g/mol. The molecule has 0 aliphatic rings. The van der Waals surface area contributed by atoms with Gasteiger partial charge in [0.15, 0.2) is 0 Å². The SMILES string of the molecule is Cc1cc(-n2c(C)cc(C=Nc3ccc4ccccc4c3)c2C)ccc1I. The van der Waals surface area contributed by atoms with Crippen LogP contribution in [0.2, 0.25) is 0 Å². The van der Waals surface area contributed by atoms with Crippen LogP contribution < -0.4 is 0 Å². The summed E-state index contributed by atoms with van der Waals surface area (Å²) in [5.41, 5.74) is 7.05. The molecule has 0 amide bonds. The van der Waals surface area contributed by atoms with Crippen LogP contribution in [0.4, 0.5) is 5.69 Å². The average Bonchev–Trinajstić information content (AvgIpc) is 2.95. The second-order valence-electron chi connectivity index (χ2n) is 6.89. The largest absolute Gasteiger partial charge is 0.318 e. The van der Waals surface area contributed by atoms with Crippen LogP contribution in [0.15, 0.2) is 71.7 Å². The number of fused-ring (bicyclic) bond motifs is 1. The van der Waals surface area contributed by atoms with Crippen LogP contribution in [-0.2, 0) is 0 Å². The fourth-order valence-corrected chi connectivity index (χ4v) is 3.82. The van der Waals surface area contributed by atoms with Gasteiger partial charge in [0.2, 0.25) is 0 Å². The van der Waals surface area contributed by atoms with Crippen LogP contribution in [0.25, 0.3) is 16.5 Å². The Bertz CT molecular complexity index is 1170. The Balaban J connectivity index is 1.70. The van der Waals surface area contributed by atoms with E-state index >= 15 is 0 Å². The Kier molecular flexibility index (Phi) is 4.87. The Morgan fingerprint density at radius 1 is 0.852 bits per heavy atom. The number of halogens is 1. The Morgan fingerprint density at radius 2 is 1.63 bits per heavy atom. The lowest BCUT2D eigenvalue weighted by molar-refractivity contribution is 0.962. The summed E-state index contributed by atoms with van der Waals surface area (Å²) in [6.45, 7) is 6.46. The Labute approximate surface area is 173 Å². The molecule has 1 aromatic heterocycles. The Hall–Kier alpha value is -2.40. The molecular formula is C24H21IN2. The number of nitrogens with zero attached hydrogens (tertiary/aromatic N) is 2. The maximum Gasteiger partial charge on any atom is 0.0636 e. The van der Waals surface area contributed by atoms with Crippen molar-refractivity contribution < 1.29 is 0 Å². The second kappa shape index (κ2) is 7.31. The standard InChI is InChI=1S/C24H21IN2/c1-16-12-23(10-11-24(16)25)27-17(2)13-21(18(27)3)15-26-22-9-8-19-6-4-5-7-20(19)14-22/h4-15H,1-3H3. The van der Waals surface area contributed by atoms with E-state index in [4.69, 9.17) is 4.99 Å². The summed E-state index contributed by atoms with van der Waals surface area (Å²) < 4.78 is 3.59. The average molecular weight is 464 g/mol. The van der Waals surface area contributed by atoms with E-state index < -0.39 is 0 Å². The van der Waals surface area contributed by atoms with Crippen LogP contribution in [0.5, 0.6) is 0 Å². The normalized spacial score (nSPS) is 11.6. The number of hydrogen-bond donors (Lipinski definition) is 0. The molecule has 0 saturated carbocycles. The highest BCUT2D eigenvalue weighted by molar-refractivity contribution is 14.1. The minimum atomic E-state index is 0.976. The molecule has 0 N–H and O–H groups in total. The van der Waals surface area contributed by atoms with Gasteiger partial charge in [-0.3, -0.25) is 4.99 Å². The maximum atomic E-state index is 4.73. The van der Waals surface area contributed by atoms with Gasteiger partial charge in [-0.05, 0) is 96.1 Å². The van der Waals surface area contributed by atoms with E-state index in [0.29, 0.717) is 0 Å². The van der Waals surface area contributed by atoms with E-state index in [-0.39, 0.29) is 0 Å². The smallest absolute Gasteiger partial charge is 0.0636 e. The highest BCUT2D eigenvalue weighted by Crippen LogP contribution is 2.24. The first kappa shape index (κ1) is 18.0. The van der Waals surface area contributed by atoms with Gasteiger partial charge < -0.3 is 4.57 Å². The summed E-state index contributed by atoms with van der Waals surface area (Å²) in [4.78, 5) is 4.73. The monoisotopic (exact) mass is 464 g/mol. The fourth-order valence-electron chi connectivity index (χ4n) is 3.48. The van der Waals surface area contributed by atoms with Crippen molar-refractivity contribution in [3.05, 3.63) is 92.8 Å². The molecule has 0 bridgehead atoms. The van der Waals surface area contributed by atoms with Crippen molar-refractivity contribution in [3.8, 4) is 5.69 Å². The summed E-state index contributed by atoms with van der Waals surface area (Å²) >= 11 is 2.38. The summed E-state index contributed by atoms with van der Waals surface area (Å²) in [6, 6.07) is 23.5. The molecule has 0 spiro atoms. The van der Waals surface area contributed by atoms with Crippen molar-refractivity contribution in [2.24, 2.45) is 4.99 Å². The van der Waals surface area contributed by atoms with Crippen LogP contribution in [0.1, 0.15) is 22.5 Å². The quantitative estimate of drug-likeness (QED) is 0.232. The van der Waals surface area contributed by atoms with Crippen LogP contribution in [-0.4, -0.2) is 10.8 Å². The zero-order valence-corrected chi connectivity index (χ0v) is 17.9. The lowest BCUT2D eigenvalue weighted by Crippen LogP contribution is -2.00. The van der Waals surface area contributed by atoms with Crippen LogP contribution in [0.3, 0.4) is 0 Å². The molecule has 3 heteroatoms. The molecule has 0 saturated heterocycles. The van der Waals surface area contributed by atoms with Crippen molar-refractivity contribution in [1.82, 2.24) is 4.57 Å². The van der Waals surface area contributed by atoms with Gasteiger partial charge >= 0.3 is 0 Å². The third-order valence-corrected chi connectivity index (χ3v) is 6.17. The van der Waals surface area contributed by atoms with Gasteiger partial charge in [-0.15, -0.1) is 0 Å². The molecule has 0 aliphatic carbocycles. The lowest BCUT2D eigenvalue weighted by Gasteiger charge is -2.11. The van der Waals surface area contributed by atoms with Crippen molar-refractivity contribution in [1.29, 1.82) is 0 Å². The number of aliphatic imine (C=N–C) groups is 1. The molecule has 0 unspecified atom stereocenters. The summed E-state index contributed by atoms with van der Waals surface area (Å²) in [5, 5.41) is 2.45. The number of rotatable bonds is 3. The van der Waals surface area contributed by atoms with E-state index in [1.54, 1.807) is 0 Å².